The van der Waals surface area contributed by atoms with Gasteiger partial charge in [-0.2, -0.15) is 0 Å². The summed E-state index contributed by atoms with van der Waals surface area (Å²) in [6.07, 6.45) is 42.5. The van der Waals surface area contributed by atoms with Gasteiger partial charge in [0.05, 0.1) is 13.2 Å². The summed E-state index contributed by atoms with van der Waals surface area (Å²) in [4.78, 5) is 34.7. The summed E-state index contributed by atoms with van der Waals surface area (Å²) in [6.45, 7) is 3.53. The van der Waals surface area contributed by atoms with E-state index in [2.05, 4.69) is 74.6 Å². The number of carbonyl (C=O) groups is 2. The van der Waals surface area contributed by atoms with Crippen molar-refractivity contribution in [3.63, 3.8) is 0 Å². The van der Waals surface area contributed by atoms with Gasteiger partial charge in [-0.05, 0) is 77.0 Å². The van der Waals surface area contributed by atoms with E-state index in [1.165, 1.54) is 44.9 Å². The molecule has 0 aromatic rings. The van der Waals surface area contributed by atoms with Crippen LogP contribution in [0.3, 0.4) is 0 Å². The van der Waals surface area contributed by atoms with Crippen molar-refractivity contribution in [2.24, 2.45) is 5.73 Å². The third-order valence-corrected chi connectivity index (χ3v) is 8.87. The zero-order valence-electron chi connectivity index (χ0n) is 32.1. The Hall–Kier alpha value is -2.29. The molecule has 2 unspecified atom stereocenters. The lowest BCUT2D eigenvalue weighted by Gasteiger charge is -2.19. The zero-order chi connectivity index (χ0) is 37.5. The summed E-state index contributed by atoms with van der Waals surface area (Å²) >= 11 is 0. The highest BCUT2D eigenvalue weighted by Crippen LogP contribution is 2.43. The monoisotopic (exact) mass is 737 g/mol. The number of hydrogen-bond acceptors (Lipinski definition) is 8. The largest absolute Gasteiger partial charge is 0.472 e. The molecule has 0 aromatic carbocycles. The molecule has 51 heavy (non-hydrogen) atoms. The molecule has 2 atom stereocenters. The predicted octanol–water partition coefficient (Wildman–Crippen LogP) is 10.9. The van der Waals surface area contributed by atoms with Crippen LogP contribution in [0.15, 0.2) is 60.8 Å². The Balaban J connectivity index is 4.30. The fourth-order valence-corrected chi connectivity index (χ4v) is 5.74. The lowest BCUT2D eigenvalue weighted by atomic mass is 10.1. The molecule has 0 rings (SSSR count). The number of carbonyl (C=O) groups excluding carboxylic acids is 2. The Morgan fingerprint density at radius 3 is 1.67 bits per heavy atom. The van der Waals surface area contributed by atoms with E-state index in [-0.39, 0.29) is 32.6 Å². The summed E-state index contributed by atoms with van der Waals surface area (Å²) in [7, 11) is -4.39. The topological polar surface area (TPSA) is 134 Å². The van der Waals surface area contributed by atoms with Gasteiger partial charge >= 0.3 is 19.8 Å². The molecule has 0 saturated heterocycles. The maximum atomic E-state index is 12.5. The second kappa shape index (κ2) is 37.5. The van der Waals surface area contributed by atoms with Crippen molar-refractivity contribution in [1.29, 1.82) is 0 Å². The van der Waals surface area contributed by atoms with Gasteiger partial charge in [-0.1, -0.05) is 126 Å². The maximum absolute atomic E-state index is 12.5. The predicted molar refractivity (Wildman–Crippen MR) is 210 cm³/mol. The van der Waals surface area contributed by atoms with Crippen LogP contribution in [-0.4, -0.2) is 49.3 Å². The number of unbranched alkanes of at least 4 members (excludes halogenated alkanes) is 13. The molecule has 294 valence electrons. The van der Waals surface area contributed by atoms with Gasteiger partial charge in [-0.25, -0.2) is 4.57 Å². The number of hydrogen-bond donors (Lipinski definition) is 2. The minimum atomic E-state index is -4.39. The van der Waals surface area contributed by atoms with Crippen LogP contribution < -0.4 is 5.73 Å². The Bertz CT molecular complexity index is 1020. The normalized spacial score (nSPS) is 14.0. The molecule has 0 heterocycles. The van der Waals surface area contributed by atoms with Crippen molar-refractivity contribution in [2.45, 2.75) is 161 Å². The molecule has 0 aliphatic carbocycles. The van der Waals surface area contributed by atoms with Gasteiger partial charge in [-0.15, -0.1) is 0 Å². The fraction of sp³-hybridized carbons (Fsp3) is 0.707. The first kappa shape index (κ1) is 48.7. The average Bonchev–Trinajstić information content (AvgIpc) is 3.11. The minimum Gasteiger partial charge on any atom is -0.462 e. The third-order valence-electron chi connectivity index (χ3n) is 7.89. The van der Waals surface area contributed by atoms with Gasteiger partial charge in [-0.3, -0.25) is 18.6 Å². The van der Waals surface area contributed by atoms with Gasteiger partial charge in [0.15, 0.2) is 6.10 Å². The van der Waals surface area contributed by atoms with E-state index >= 15 is 0 Å². The van der Waals surface area contributed by atoms with Crippen molar-refractivity contribution in [3.05, 3.63) is 60.8 Å². The van der Waals surface area contributed by atoms with Crippen LogP contribution in [-0.2, 0) is 32.7 Å². The molecule has 9 nitrogen and oxygen atoms in total. The summed E-state index contributed by atoms with van der Waals surface area (Å²) < 4.78 is 32.6. The van der Waals surface area contributed by atoms with Gasteiger partial charge in [0, 0.05) is 19.4 Å². The molecule has 0 amide bonds. The highest BCUT2D eigenvalue weighted by atomic mass is 31.2. The number of nitrogens with two attached hydrogens (primary N) is 1. The molecule has 0 spiro atoms. The van der Waals surface area contributed by atoms with Gasteiger partial charge in [0.1, 0.15) is 6.61 Å². The first-order chi connectivity index (χ1) is 24.8. The Kier molecular flexibility index (Phi) is 35.8. The molecule has 10 heteroatoms. The standard InChI is InChI=1S/C41H72NO8P/c1-3-5-7-9-11-13-15-17-19-21-23-25-27-29-31-33-40(43)47-37-39(38-49-51(45,46)48-36-35-42)50-41(44)34-32-30-28-26-24-22-20-18-16-14-12-10-8-6-4-2/h6,8,12,14,17-20,24,26,39H,3-5,7,9-11,13,15-16,21-23,25,27-38,42H2,1-2H3,(H,45,46). The zero-order valence-corrected chi connectivity index (χ0v) is 33.0. The van der Waals surface area contributed by atoms with E-state index in [0.717, 1.165) is 70.6 Å². The molecule has 0 saturated carbocycles. The van der Waals surface area contributed by atoms with Crippen molar-refractivity contribution in [3.8, 4) is 0 Å². The van der Waals surface area contributed by atoms with E-state index in [0.29, 0.717) is 12.8 Å². The van der Waals surface area contributed by atoms with E-state index in [1.54, 1.807) is 0 Å². The number of ether oxygens (including phenoxy) is 2. The lowest BCUT2D eigenvalue weighted by molar-refractivity contribution is -0.161. The second-order valence-corrected chi connectivity index (χ2v) is 14.2. The maximum Gasteiger partial charge on any atom is 0.472 e. The molecular formula is C41H72NO8P. The van der Waals surface area contributed by atoms with Gasteiger partial charge in [0.25, 0.3) is 0 Å². The Morgan fingerprint density at radius 2 is 1.08 bits per heavy atom. The first-order valence-corrected chi connectivity index (χ1v) is 21.3. The van der Waals surface area contributed by atoms with Gasteiger partial charge < -0.3 is 20.1 Å². The highest BCUT2D eigenvalue weighted by Gasteiger charge is 2.25. The average molecular weight is 738 g/mol. The Morgan fingerprint density at radius 1 is 0.608 bits per heavy atom. The number of rotatable bonds is 36. The van der Waals surface area contributed by atoms with Gasteiger partial charge in [0.2, 0.25) is 0 Å². The fourth-order valence-electron chi connectivity index (χ4n) is 4.97. The molecule has 3 N–H and O–H groups in total. The van der Waals surface area contributed by atoms with Crippen LogP contribution in [0.1, 0.15) is 155 Å². The minimum absolute atomic E-state index is 0.0429. The van der Waals surface area contributed by atoms with Crippen molar-refractivity contribution in [2.75, 3.05) is 26.4 Å². The van der Waals surface area contributed by atoms with E-state index in [9.17, 15) is 19.0 Å². The van der Waals surface area contributed by atoms with E-state index < -0.39 is 32.5 Å². The summed E-state index contributed by atoms with van der Waals surface area (Å²) in [5, 5.41) is 0. The number of phosphoric acid groups is 1. The molecular weight excluding hydrogens is 665 g/mol. The molecule has 0 aliphatic heterocycles. The lowest BCUT2D eigenvalue weighted by Crippen LogP contribution is -2.29. The van der Waals surface area contributed by atoms with E-state index in [4.69, 9.17) is 24.3 Å². The second-order valence-electron chi connectivity index (χ2n) is 12.8. The Labute approximate surface area is 310 Å². The third kappa shape index (κ3) is 37.3. The summed E-state index contributed by atoms with van der Waals surface area (Å²) in [6, 6.07) is 0. The number of phosphoric ester groups is 1. The molecule has 0 bridgehead atoms. The SMILES string of the molecule is CCC=CCC=CCC=CCC=CCCCCC(=O)OC(COC(=O)CCCCCCCC=CCCCCCCCC)COP(=O)(O)OCCN. The summed E-state index contributed by atoms with van der Waals surface area (Å²) in [5.41, 5.74) is 5.33. The molecule has 0 fully saturated rings. The quantitative estimate of drug-likeness (QED) is 0.0279. The van der Waals surface area contributed by atoms with Crippen LogP contribution >= 0.6 is 7.82 Å². The highest BCUT2D eigenvalue weighted by molar-refractivity contribution is 7.47. The number of allylic oxidation sites excluding steroid dienone is 10. The molecule has 0 aliphatic rings. The van der Waals surface area contributed by atoms with Crippen LogP contribution in [0, 0.1) is 0 Å². The van der Waals surface area contributed by atoms with E-state index in [1.807, 2.05) is 0 Å². The van der Waals surface area contributed by atoms with Crippen molar-refractivity contribution < 1.29 is 37.6 Å². The van der Waals surface area contributed by atoms with Crippen LogP contribution in [0.5, 0.6) is 0 Å². The molecule has 0 radical (unpaired) electrons. The summed E-state index contributed by atoms with van der Waals surface area (Å²) in [5.74, 6) is -0.893. The number of esters is 2. The first-order valence-electron chi connectivity index (χ1n) is 19.8. The van der Waals surface area contributed by atoms with Crippen LogP contribution in [0.4, 0.5) is 0 Å². The van der Waals surface area contributed by atoms with Crippen LogP contribution in [0.2, 0.25) is 0 Å². The van der Waals surface area contributed by atoms with Crippen molar-refractivity contribution in [1.82, 2.24) is 0 Å². The smallest absolute Gasteiger partial charge is 0.462 e. The van der Waals surface area contributed by atoms with Crippen LogP contribution in [0.25, 0.3) is 0 Å². The van der Waals surface area contributed by atoms with Crippen molar-refractivity contribution >= 4 is 19.8 Å². The molecule has 0 aromatic heterocycles.